The van der Waals surface area contributed by atoms with Gasteiger partial charge in [0.25, 0.3) is 11.8 Å². The monoisotopic (exact) mass is 472 g/mol. The summed E-state index contributed by atoms with van der Waals surface area (Å²) in [5, 5.41) is 38.4. The molecule has 182 valence electrons. The van der Waals surface area contributed by atoms with Crippen molar-refractivity contribution < 1.29 is 24.2 Å². The van der Waals surface area contributed by atoms with Gasteiger partial charge in [-0.2, -0.15) is 10.4 Å². The average Bonchev–Trinajstić information content (AvgIpc) is 3.43. The number of likely N-dealkylation sites (tertiary alicyclic amines) is 1. The van der Waals surface area contributed by atoms with Crippen LogP contribution in [0, 0.1) is 29.0 Å². The van der Waals surface area contributed by atoms with Crippen molar-refractivity contribution in [2.75, 3.05) is 44.7 Å². The first-order chi connectivity index (χ1) is 16.3. The van der Waals surface area contributed by atoms with Gasteiger partial charge in [-0.1, -0.05) is 0 Å². The molecular weight excluding hydrogens is 443 g/mol. The summed E-state index contributed by atoms with van der Waals surface area (Å²) in [6.45, 7) is 2.35. The third kappa shape index (κ3) is 4.83. The number of halogens is 1. The van der Waals surface area contributed by atoms with Crippen LogP contribution < -0.4 is 10.2 Å². The quantitative estimate of drug-likeness (QED) is 0.509. The number of aliphatic hydroxyl groups excluding tert-OH is 2. The maximum Gasteiger partial charge on any atom is 0.254 e. The van der Waals surface area contributed by atoms with Crippen LogP contribution in [0.5, 0.6) is 0 Å². The number of fused-ring (bicyclic) bond motifs is 1. The van der Waals surface area contributed by atoms with Crippen LogP contribution in [0.2, 0.25) is 0 Å². The Morgan fingerprint density at radius 1 is 1.26 bits per heavy atom. The molecule has 4 atom stereocenters. The molecular formula is C23H29FN6O4. The van der Waals surface area contributed by atoms with Gasteiger partial charge >= 0.3 is 0 Å². The number of nitrogens with zero attached hydrogens (tertiary/aromatic N) is 5. The van der Waals surface area contributed by atoms with Crippen LogP contribution in [0.1, 0.15) is 18.4 Å². The largest absolute Gasteiger partial charge is 0.380 e. The number of hydrogen-bond donors (Lipinski definition) is 3. The summed E-state index contributed by atoms with van der Waals surface area (Å²) in [6, 6.07) is 6.22. The Hall–Kier alpha value is -3.23. The lowest BCUT2D eigenvalue weighted by atomic mass is 9.95. The van der Waals surface area contributed by atoms with Gasteiger partial charge in [-0.3, -0.25) is 14.6 Å². The number of anilines is 1. The highest BCUT2D eigenvalue weighted by Crippen LogP contribution is 2.27. The molecule has 0 aliphatic carbocycles. The third-order valence-electron chi connectivity index (χ3n) is 6.98. The van der Waals surface area contributed by atoms with Crippen molar-refractivity contribution in [2.24, 2.45) is 16.9 Å². The highest BCUT2D eigenvalue weighted by atomic mass is 19.1. The molecule has 3 heterocycles. The summed E-state index contributed by atoms with van der Waals surface area (Å²) in [7, 11) is 1.82. The molecule has 11 heteroatoms. The zero-order valence-corrected chi connectivity index (χ0v) is 19.0. The molecule has 3 N–H and O–H groups in total. The molecule has 1 aromatic rings. The summed E-state index contributed by atoms with van der Waals surface area (Å²) in [6.07, 6.45) is -0.449. The van der Waals surface area contributed by atoms with Crippen molar-refractivity contribution >= 4 is 23.7 Å². The Morgan fingerprint density at radius 3 is 2.68 bits per heavy atom. The molecule has 2 unspecified atom stereocenters. The molecule has 3 aliphatic heterocycles. The van der Waals surface area contributed by atoms with Gasteiger partial charge < -0.3 is 25.3 Å². The van der Waals surface area contributed by atoms with E-state index in [1.54, 1.807) is 17.3 Å². The Morgan fingerprint density at radius 2 is 2.00 bits per heavy atom. The fraction of sp³-hybridized carbons (Fsp3) is 0.565. The van der Waals surface area contributed by atoms with Gasteiger partial charge in [0.1, 0.15) is 11.9 Å². The molecule has 3 aliphatic rings. The first-order valence-corrected chi connectivity index (χ1v) is 11.4. The Labute approximate surface area is 197 Å². The van der Waals surface area contributed by atoms with E-state index in [9.17, 15) is 29.5 Å². The topological polar surface area (TPSA) is 132 Å². The Balaban J connectivity index is 1.23. The first-order valence-electron chi connectivity index (χ1n) is 11.4. The summed E-state index contributed by atoms with van der Waals surface area (Å²) >= 11 is 0. The predicted molar refractivity (Wildman–Crippen MR) is 121 cm³/mol. The second-order valence-electron chi connectivity index (χ2n) is 9.15. The molecule has 1 aromatic carbocycles. The van der Waals surface area contributed by atoms with Gasteiger partial charge in [0.15, 0.2) is 12.2 Å². The van der Waals surface area contributed by atoms with Gasteiger partial charge in [0, 0.05) is 51.9 Å². The summed E-state index contributed by atoms with van der Waals surface area (Å²) < 4.78 is 13.4. The number of benzene rings is 1. The highest BCUT2D eigenvalue weighted by Gasteiger charge is 2.43. The maximum absolute atomic E-state index is 13.4. The van der Waals surface area contributed by atoms with Gasteiger partial charge in [-0.05, 0) is 37.0 Å². The van der Waals surface area contributed by atoms with Gasteiger partial charge in [-0.15, -0.1) is 0 Å². The number of piperidine rings is 1. The number of hydrazone groups is 1. The minimum absolute atomic E-state index is 0.0483. The van der Waals surface area contributed by atoms with E-state index in [2.05, 4.69) is 10.4 Å². The van der Waals surface area contributed by atoms with Crippen LogP contribution in [-0.2, 0) is 9.59 Å². The van der Waals surface area contributed by atoms with Gasteiger partial charge in [-0.25, -0.2) is 4.39 Å². The van der Waals surface area contributed by atoms with Crippen molar-refractivity contribution in [2.45, 2.75) is 31.1 Å². The Kier molecular flexibility index (Phi) is 7.00. The van der Waals surface area contributed by atoms with E-state index in [1.807, 2.05) is 18.0 Å². The van der Waals surface area contributed by atoms with Crippen LogP contribution in [0.15, 0.2) is 23.3 Å². The normalized spacial score (nSPS) is 24.0. The number of carbonyl (C=O) groups excluding carboxylic acids is 2. The lowest BCUT2D eigenvalue weighted by Gasteiger charge is -2.34. The maximum atomic E-state index is 13.4. The zero-order valence-electron chi connectivity index (χ0n) is 19.0. The molecule has 0 radical (unpaired) electrons. The van der Waals surface area contributed by atoms with Crippen molar-refractivity contribution in [3.8, 4) is 6.07 Å². The predicted octanol–water partition coefficient (Wildman–Crippen LogP) is -0.490. The van der Waals surface area contributed by atoms with Crippen LogP contribution in [0.25, 0.3) is 0 Å². The number of likely N-dealkylation sites (N-methyl/N-ethyl adjacent to an activating group) is 1. The lowest BCUT2D eigenvalue weighted by molar-refractivity contribution is -0.152. The fourth-order valence-electron chi connectivity index (χ4n) is 4.88. The minimum Gasteiger partial charge on any atom is -0.380 e. The van der Waals surface area contributed by atoms with Crippen molar-refractivity contribution in [1.29, 1.82) is 5.26 Å². The van der Waals surface area contributed by atoms with E-state index in [1.165, 1.54) is 17.0 Å². The molecule has 0 saturated carbocycles. The number of nitrogens with one attached hydrogen (secondary N) is 1. The van der Waals surface area contributed by atoms with Gasteiger partial charge in [0.05, 0.1) is 17.3 Å². The van der Waals surface area contributed by atoms with Gasteiger partial charge in [0.2, 0.25) is 0 Å². The second-order valence-corrected chi connectivity index (χ2v) is 9.15. The number of aliphatic hydroxyl groups is 2. The molecule has 0 aromatic heterocycles. The smallest absolute Gasteiger partial charge is 0.254 e. The molecule has 2 fully saturated rings. The second kappa shape index (κ2) is 9.95. The minimum atomic E-state index is -1.85. The van der Waals surface area contributed by atoms with E-state index in [0.29, 0.717) is 38.4 Å². The molecule has 0 spiro atoms. The standard InChI is InChI=1S/C23H29FN6O4/c1-28-19-13-30(12-16(19)11-27-28)23(34)21(32)20(31)22(33)26-10-14-4-6-29(7-5-14)18-3-2-17(24)8-15(18)9-25/h2-3,8,11,14,16,19-21,31-32H,4-7,10,12-13H2,1H3,(H,26,33)/t16?,19?,20-,21-/m1/s1. The number of nitriles is 1. The molecule has 34 heavy (non-hydrogen) atoms. The van der Waals surface area contributed by atoms with Crippen molar-refractivity contribution in [1.82, 2.24) is 15.2 Å². The number of amides is 2. The SMILES string of the molecule is CN1N=CC2CN(C(=O)[C@H](O)[C@@H](O)C(=O)NCC3CCN(c4ccc(F)cc4C#N)CC3)CC21. The summed E-state index contributed by atoms with van der Waals surface area (Å²) in [5.41, 5.74) is 0.973. The van der Waals surface area contributed by atoms with E-state index in [-0.39, 0.29) is 23.4 Å². The highest BCUT2D eigenvalue weighted by molar-refractivity contribution is 5.91. The Bertz CT molecular complexity index is 1010. The molecule has 2 amide bonds. The zero-order chi connectivity index (χ0) is 24.4. The van der Waals surface area contributed by atoms with E-state index < -0.39 is 29.8 Å². The first kappa shape index (κ1) is 23.9. The fourth-order valence-corrected chi connectivity index (χ4v) is 4.88. The molecule has 0 bridgehead atoms. The van der Waals surface area contributed by atoms with E-state index in [0.717, 1.165) is 12.8 Å². The van der Waals surface area contributed by atoms with Crippen molar-refractivity contribution in [3.05, 3.63) is 29.6 Å². The van der Waals surface area contributed by atoms with Crippen LogP contribution in [-0.4, -0.2) is 96.2 Å². The summed E-state index contributed by atoms with van der Waals surface area (Å²) in [4.78, 5) is 28.5. The molecule has 4 rings (SSSR count). The molecule has 10 nitrogen and oxygen atoms in total. The van der Waals surface area contributed by atoms with Crippen molar-refractivity contribution in [3.63, 3.8) is 0 Å². The van der Waals surface area contributed by atoms with E-state index in [4.69, 9.17) is 0 Å². The summed E-state index contributed by atoms with van der Waals surface area (Å²) in [5.74, 6) is -1.69. The number of carbonyl (C=O) groups is 2. The average molecular weight is 473 g/mol. The van der Waals surface area contributed by atoms with Crippen LogP contribution in [0.4, 0.5) is 10.1 Å². The third-order valence-corrected chi connectivity index (χ3v) is 6.98. The number of hydrogen-bond acceptors (Lipinski definition) is 8. The van der Waals surface area contributed by atoms with Crippen LogP contribution in [0.3, 0.4) is 0 Å². The molecule has 2 saturated heterocycles. The van der Waals surface area contributed by atoms with Crippen LogP contribution >= 0.6 is 0 Å². The number of rotatable bonds is 6. The van der Waals surface area contributed by atoms with E-state index >= 15 is 0 Å². The lowest BCUT2D eigenvalue weighted by Crippen LogP contribution is -2.51.